The number of fused-ring (bicyclic) bond motifs is 1. The van der Waals surface area contributed by atoms with Crippen LogP contribution in [-0.4, -0.2) is 60.8 Å². The average Bonchev–Trinajstić information content (AvgIpc) is 3.63. The standard InChI is InChI=1S/C29H31N3O5S/c1-4-37-28(34)24-25(19-11-6-5-7-12-19)30-29-32(20(18-38-29)17-23(33)31-15-8-9-16-31)26(24)21-13-10-14-22(35-2)27(21)36-3/h5-7,10-14,18,26H,4,8-9,15-17H2,1-3H3. The number of nitrogens with zero attached hydrogens (tertiary/aromatic N) is 3. The first-order valence-corrected chi connectivity index (χ1v) is 13.6. The van der Waals surface area contributed by atoms with Crippen molar-refractivity contribution >= 4 is 34.5 Å². The third-order valence-electron chi connectivity index (χ3n) is 6.87. The summed E-state index contributed by atoms with van der Waals surface area (Å²) >= 11 is 1.45. The van der Waals surface area contributed by atoms with Gasteiger partial charge in [-0.15, -0.1) is 0 Å². The van der Waals surface area contributed by atoms with Gasteiger partial charge in [0, 0.05) is 29.9 Å². The van der Waals surface area contributed by atoms with Gasteiger partial charge >= 0.3 is 5.97 Å². The van der Waals surface area contributed by atoms with Gasteiger partial charge in [0.05, 0.1) is 44.6 Å². The fourth-order valence-electron chi connectivity index (χ4n) is 5.14. The number of aliphatic imine (C=N–C) groups is 1. The van der Waals surface area contributed by atoms with Crippen LogP contribution in [0, 0.1) is 0 Å². The van der Waals surface area contributed by atoms with Crippen molar-refractivity contribution in [2.45, 2.75) is 32.2 Å². The zero-order chi connectivity index (χ0) is 26.6. The Morgan fingerprint density at radius 2 is 1.79 bits per heavy atom. The number of carbonyl (C=O) groups excluding carboxylic acids is 2. The molecular formula is C29H31N3O5S. The Labute approximate surface area is 226 Å². The summed E-state index contributed by atoms with van der Waals surface area (Å²) in [5.74, 6) is 0.662. The molecule has 0 bridgehead atoms. The summed E-state index contributed by atoms with van der Waals surface area (Å²) in [6.07, 6.45) is 2.26. The van der Waals surface area contributed by atoms with E-state index in [1.165, 1.54) is 11.8 Å². The fourth-order valence-corrected chi connectivity index (χ4v) is 6.06. The zero-order valence-corrected chi connectivity index (χ0v) is 22.6. The Kier molecular flexibility index (Phi) is 7.74. The highest BCUT2D eigenvalue weighted by molar-refractivity contribution is 8.16. The van der Waals surface area contributed by atoms with Crippen LogP contribution in [0.25, 0.3) is 5.70 Å². The lowest BCUT2D eigenvalue weighted by Crippen LogP contribution is -2.38. The van der Waals surface area contributed by atoms with Crippen molar-refractivity contribution in [3.05, 3.63) is 76.3 Å². The summed E-state index contributed by atoms with van der Waals surface area (Å²) in [6, 6.07) is 14.6. The molecule has 0 radical (unpaired) electrons. The van der Waals surface area contributed by atoms with Crippen LogP contribution in [0.5, 0.6) is 11.5 Å². The van der Waals surface area contributed by atoms with E-state index < -0.39 is 12.0 Å². The highest BCUT2D eigenvalue weighted by atomic mass is 32.2. The summed E-state index contributed by atoms with van der Waals surface area (Å²) in [5.41, 5.74) is 3.23. The number of rotatable bonds is 8. The second kappa shape index (κ2) is 11.3. The van der Waals surface area contributed by atoms with Crippen molar-refractivity contribution < 1.29 is 23.8 Å². The molecule has 1 saturated heterocycles. The third-order valence-corrected chi connectivity index (χ3v) is 7.76. The molecule has 2 aromatic carbocycles. The van der Waals surface area contributed by atoms with Gasteiger partial charge in [-0.2, -0.15) is 0 Å². The summed E-state index contributed by atoms with van der Waals surface area (Å²) < 4.78 is 17.0. The molecule has 0 aliphatic carbocycles. The number of likely N-dealkylation sites (tertiary alicyclic amines) is 1. The van der Waals surface area contributed by atoms with E-state index in [0.717, 1.165) is 42.8 Å². The van der Waals surface area contributed by atoms with Crippen LogP contribution in [0.3, 0.4) is 0 Å². The van der Waals surface area contributed by atoms with Gasteiger partial charge in [-0.05, 0) is 31.2 Å². The minimum Gasteiger partial charge on any atom is -0.493 e. The molecule has 0 spiro atoms. The van der Waals surface area contributed by atoms with Crippen molar-refractivity contribution in [1.29, 1.82) is 0 Å². The molecule has 3 aliphatic rings. The third kappa shape index (κ3) is 4.78. The molecule has 5 rings (SSSR count). The summed E-state index contributed by atoms with van der Waals surface area (Å²) in [5, 5.41) is 2.65. The molecule has 1 atom stereocenters. The zero-order valence-electron chi connectivity index (χ0n) is 21.8. The average molecular weight is 534 g/mol. The van der Waals surface area contributed by atoms with Gasteiger partial charge in [0.2, 0.25) is 5.91 Å². The van der Waals surface area contributed by atoms with Crippen LogP contribution in [0.15, 0.2) is 70.2 Å². The number of carbonyl (C=O) groups is 2. The number of benzene rings is 2. The number of ether oxygens (including phenoxy) is 3. The van der Waals surface area contributed by atoms with Gasteiger partial charge in [-0.1, -0.05) is 54.2 Å². The van der Waals surface area contributed by atoms with E-state index in [9.17, 15) is 9.59 Å². The molecule has 1 fully saturated rings. The van der Waals surface area contributed by atoms with E-state index in [1.807, 2.05) is 63.7 Å². The van der Waals surface area contributed by atoms with Crippen LogP contribution >= 0.6 is 11.8 Å². The lowest BCUT2D eigenvalue weighted by Gasteiger charge is -2.37. The Morgan fingerprint density at radius 3 is 2.47 bits per heavy atom. The van der Waals surface area contributed by atoms with Crippen molar-refractivity contribution in [2.24, 2.45) is 4.99 Å². The van der Waals surface area contributed by atoms with Gasteiger partial charge in [0.1, 0.15) is 0 Å². The maximum absolute atomic E-state index is 13.7. The van der Waals surface area contributed by atoms with Crippen LogP contribution in [0.2, 0.25) is 0 Å². The predicted octanol–water partition coefficient (Wildman–Crippen LogP) is 4.99. The van der Waals surface area contributed by atoms with Gasteiger partial charge in [0.15, 0.2) is 16.7 Å². The van der Waals surface area contributed by atoms with Gasteiger partial charge < -0.3 is 24.0 Å². The largest absolute Gasteiger partial charge is 0.493 e. The topological polar surface area (TPSA) is 80.7 Å². The molecule has 198 valence electrons. The second-order valence-corrected chi connectivity index (χ2v) is 9.93. The van der Waals surface area contributed by atoms with Gasteiger partial charge in [-0.3, -0.25) is 4.79 Å². The second-order valence-electron chi connectivity index (χ2n) is 9.09. The highest BCUT2D eigenvalue weighted by Gasteiger charge is 2.44. The molecule has 9 heteroatoms. The van der Waals surface area contributed by atoms with E-state index in [-0.39, 0.29) is 18.9 Å². The van der Waals surface area contributed by atoms with E-state index in [1.54, 1.807) is 21.1 Å². The molecule has 2 aromatic rings. The summed E-state index contributed by atoms with van der Waals surface area (Å²) in [6.45, 7) is 3.55. The number of hydrogen-bond donors (Lipinski definition) is 0. The molecule has 38 heavy (non-hydrogen) atoms. The molecule has 3 heterocycles. The first-order chi connectivity index (χ1) is 18.6. The molecule has 1 amide bonds. The SMILES string of the molecule is CCOC(=O)C1=C(c2ccccc2)N=C2SC=C(CC(=O)N3CCCC3)N2C1c1cccc(OC)c1OC. The van der Waals surface area contributed by atoms with Crippen molar-refractivity contribution in [3.8, 4) is 11.5 Å². The Balaban J connectivity index is 1.69. The normalized spacial score (nSPS) is 18.7. The molecule has 0 aromatic heterocycles. The number of thioether (sulfide) groups is 1. The van der Waals surface area contributed by atoms with Gasteiger partial charge in [-0.25, -0.2) is 9.79 Å². The molecule has 0 saturated carbocycles. The molecule has 3 aliphatic heterocycles. The Hall–Kier alpha value is -3.72. The van der Waals surface area contributed by atoms with Crippen molar-refractivity contribution in [3.63, 3.8) is 0 Å². The molecule has 0 N–H and O–H groups in total. The quantitative estimate of drug-likeness (QED) is 0.442. The van der Waals surface area contributed by atoms with Crippen LogP contribution in [-0.2, 0) is 14.3 Å². The monoisotopic (exact) mass is 533 g/mol. The first kappa shape index (κ1) is 25.9. The number of hydrogen-bond acceptors (Lipinski definition) is 8. The first-order valence-electron chi connectivity index (χ1n) is 12.8. The summed E-state index contributed by atoms with van der Waals surface area (Å²) in [4.78, 5) is 35.8. The molecule has 8 nitrogen and oxygen atoms in total. The maximum Gasteiger partial charge on any atom is 0.338 e. The Bertz CT molecular complexity index is 1310. The van der Waals surface area contributed by atoms with Crippen LogP contribution in [0.4, 0.5) is 0 Å². The van der Waals surface area contributed by atoms with Crippen LogP contribution in [0.1, 0.15) is 43.4 Å². The van der Waals surface area contributed by atoms with E-state index in [2.05, 4.69) is 0 Å². The Morgan fingerprint density at radius 1 is 1.03 bits per heavy atom. The highest BCUT2D eigenvalue weighted by Crippen LogP contribution is 2.50. The lowest BCUT2D eigenvalue weighted by molar-refractivity contribution is -0.139. The predicted molar refractivity (Wildman–Crippen MR) is 148 cm³/mol. The van der Waals surface area contributed by atoms with Crippen molar-refractivity contribution in [2.75, 3.05) is 33.9 Å². The fraction of sp³-hybridized carbons (Fsp3) is 0.345. The number of amidine groups is 1. The number of esters is 1. The smallest absolute Gasteiger partial charge is 0.338 e. The van der Waals surface area contributed by atoms with E-state index in [4.69, 9.17) is 19.2 Å². The minimum absolute atomic E-state index is 0.0717. The lowest BCUT2D eigenvalue weighted by atomic mass is 9.90. The van der Waals surface area contributed by atoms with E-state index in [0.29, 0.717) is 27.9 Å². The summed E-state index contributed by atoms with van der Waals surface area (Å²) in [7, 11) is 3.16. The number of methoxy groups -OCH3 is 2. The number of amides is 1. The van der Waals surface area contributed by atoms with Crippen molar-refractivity contribution in [1.82, 2.24) is 9.80 Å². The van der Waals surface area contributed by atoms with Crippen LogP contribution < -0.4 is 9.47 Å². The number of para-hydroxylation sites is 1. The van der Waals surface area contributed by atoms with E-state index >= 15 is 0 Å². The van der Waals surface area contributed by atoms with Gasteiger partial charge in [0.25, 0.3) is 0 Å². The molecule has 1 unspecified atom stereocenters. The maximum atomic E-state index is 13.7. The molecular weight excluding hydrogens is 502 g/mol. The minimum atomic E-state index is -0.644.